The van der Waals surface area contributed by atoms with Crippen LogP contribution >= 0.6 is 0 Å². The van der Waals surface area contributed by atoms with Crippen LogP contribution in [0, 0.1) is 19.9 Å². The van der Waals surface area contributed by atoms with Crippen LogP contribution in [0.3, 0.4) is 0 Å². The second-order valence-electron chi connectivity index (χ2n) is 3.63. The molecule has 0 saturated carbocycles. The van der Waals surface area contributed by atoms with Crippen LogP contribution in [0.25, 0.3) is 11.1 Å². The van der Waals surface area contributed by atoms with Crippen LogP contribution in [0.1, 0.15) is 11.1 Å². The predicted octanol–water partition coefficient (Wildman–Crippen LogP) is 3.77. The Bertz CT molecular complexity index is 424. The summed E-state index contributed by atoms with van der Waals surface area (Å²) >= 11 is 0. The van der Waals surface area contributed by atoms with Crippen molar-refractivity contribution in [1.82, 2.24) is 0 Å². The molecule has 0 spiro atoms. The second-order valence-corrected chi connectivity index (χ2v) is 3.63. The summed E-state index contributed by atoms with van der Waals surface area (Å²) in [5.41, 5.74) is 5.02. The molecule has 0 heteroatoms. The minimum Gasteiger partial charge on any atom is -0.0587 e. The average Bonchev–Trinajstić information content (AvgIpc) is 2.19. The maximum absolute atomic E-state index is 3.15. The quantitative estimate of drug-likeness (QED) is 0.628. The highest BCUT2D eigenvalue weighted by molar-refractivity contribution is 5.64. The summed E-state index contributed by atoms with van der Waals surface area (Å²) in [6.07, 6.45) is 0. The van der Waals surface area contributed by atoms with Gasteiger partial charge in [0.2, 0.25) is 0 Å². The third-order valence-corrected chi connectivity index (χ3v) is 2.33. The fourth-order valence-corrected chi connectivity index (χ4v) is 1.51. The van der Waals surface area contributed by atoms with Gasteiger partial charge in [-0.2, -0.15) is 0 Å². The van der Waals surface area contributed by atoms with Crippen LogP contribution in [0.15, 0.2) is 42.5 Å². The van der Waals surface area contributed by atoms with Gasteiger partial charge in [-0.25, -0.2) is 0 Å². The summed E-state index contributed by atoms with van der Waals surface area (Å²) in [7, 11) is 0. The lowest BCUT2D eigenvalue weighted by Gasteiger charge is -2.02. The molecule has 0 nitrogen and oxygen atoms in total. The minimum atomic E-state index is 1.18. The summed E-state index contributed by atoms with van der Waals surface area (Å²) in [4.78, 5) is 0. The van der Waals surface area contributed by atoms with E-state index in [2.05, 4.69) is 56.3 Å². The maximum Gasteiger partial charge on any atom is -0.0152 e. The van der Waals surface area contributed by atoms with E-state index in [1.165, 1.54) is 22.3 Å². The Labute approximate surface area is 85.2 Å². The molecule has 2 aromatic carbocycles. The van der Waals surface area contributed by atoms with E-state index < -0.39 is 0 Å². The van der Waals surface area contributed by atoms with E-state index in [9.17, 15) is 0 Å². The molecule has 0 bridgehead atoms. The van der Waals surface area contributed by atoms with Gasteiger partial charge in [-0.3, -0.25) is 0 Å². The molecule has 2 aromatic rings. The van der Waals surface area contributed by atoms with Crippen molar-refractivity contribution in [2.24, 2.45) is 0 Å². The second kappa shape index (κ2) is 3.67. The van der Waals surface area contributed by atoms with Gasteiger partial charge in [-0.15, -0.1) is 0 Å². The first-order valence-corrected chi connectivity index (χ1v) is 4.81. The van der Waals surface area contributed by atoms with Crippen molar-refractivity contribution in [2.75, 3.05) is 0 Å². The lowest BCUT2D eigenvalue weighted by Crippen LogP contribution is -1.79. The van der Waals surface area contributed by atoms with Crippen LogP contribution in [0.4, 0.5) is 0 Å². The molecule has 0 N–H and O–H groups in total. The molecule has 0 aliphatic heterocycles. The molecule has 0 unspecified atom stereocenters. The smallest absolute Gasteiger partial charge is 0.0152 e. The standard InChI is InChI=1S/C14H13/c1-11-6-8-13(9-7-11)14-5-3-4-12(2)10-14/h3,5-10H,1-2H3. The van der Waals surface area contributed by atoms with Gasteiger partial charge < -0.3 is 0 Å². The third kappa shape index (κ3) is 1.85. The van der Waals surface area contributed by atoms with Crippen molar-refractivity contribution >= 4 is 0 Å². The number of rotatable bonds is 1. The Morgan fingerprint density at radius 2 is 1.57 bits per heavy atom. The first-order valence-electron chi connectivity index (χ1n) is 4.81. The summed E-state index contributed by atoms with van der Waals surface area (Å²) in [5.74, 6) is 0. The Balaban J connectivity index is 2.44. The van der Waals surface area contributed by atoms with Crippen molar-refractivity contribution < 1.29 is 0 Å². The normalized spacial score (nSPS) is 10.1. The summed E-state index contributed by atoms with van der Waals surface area (Å²) in [5, 5.41) is 0. The maximum atomic E-state index is 3.15. The molecule has 0 atom stereocenters. The average molecular weight is 181 g/mol. The Hall–Kier alpha value is -1.56. The van der Waals surface area contributed by atoms with Crippen molar-refractivity contribution in [3.63, 3.8) is 0 Å². The van der Waals surface area contributed by atoms with E-state index in [0.29, 0.717) is 0 Å². The van der Waals surface area contributed by atoms with Gasteiger partial charge in [0.1, 0.15) is 0 Å². The molecular formula is C14H13. The molecule has 0 heterocycles. The monoisotopic (exact) mass is 181 g/mol. The number of benzene rings is 2. The predicted molar refractivity (Wildman–Crippen MR) is 60.2 cm³/mol. The molecule has 0 amide bonds. The zero-order valence-corrected chi connectivity index (χ0v) is 8.54. The fraction of sp³-hybridized carbons (Fsp3) is 0.143. The SMILES string of the molecule is Cc1[c]ccc(-c2ccc(C)cc2)c1. The van der Waals surface area contributed by atoms with Crippen molar-refractivity contribution in [2.45, 2.75) is 13.8 Å². The van der Waals surface area contributed by atoms with Crippen molar-refractivity contribution in [3.8, 4) is 11.1 Å². The Morgan fingerprint density at radius 1 is 0.857 bits per heavy atom. The summed E-state index contributed by atoms with van der Waals surface area (Å²) in [6.45, 7) is 4.17. The van der Waals surface area contributed by atoms with E-state index in [0.717, 1.165) is 0 Å². The first kappa shape index (κ1) is 9.01. The molecule has 0 aromatic heterocycles. The Morgan fingerprint density at radius 3 is 2.21 bits per heavy atom. The fourth-order valence-electron chi connectivity index (χ4n) is 1.51. The summed E-state index contributed by atoms with van der Waals surface area (Å²) in [6, 6.07) is 18.0. The zero-order valence-electron chi connectivity index (χ0n) is 8.54. The van der Waals surface area contributed by atoms with Gasteiger partial charge in [0.05, 0.1) is 0 Å². The molecule has 2 rings (SSSR count). The lowest BCUT2D eigenvalue weighted by molar-refractivity contribution is 1.44. The molecular weight excluding hydrogens is 168 g/mol. The van der Waals surface area contributed by atoms with Crippen LogP contribution in [0.5, 0.6) is 0 Å². The highest BCUT2D eigenvalue weighted by atomic mass is 14.0. The van der Waals surface area contributed by atoms with Crippen molar-refractivity contribution in [1.29, 1.82) is 0 Å². The zero-order chi connectivity index (χ0) is 9.97. The largest absolute Gasteiger partial charge is 0.0587 e. The van der Waals surface area contributed by atoms with Crippen LogP contribution in [-0.4, -0.2) is 0 Å². The van der Waals surface area contributed by atoms with E-state index in [1.807, 2.05) is 6.07 Å². The number of hydrogen-bond acceptors (Lipinski definition) is 0. The van der Waals surface area contributed by atoms with E-state index in [-0.39, 0.29) is 0 Å². The third-order valence-electron chi connectivity index (χ3n) is 2.33. The molecule has 0 fully saturated rings. The van der Waals surface area contributed by atoms with Crippen LogP contribution in [-0.2, 0) is 0 Å². The van der Waals surface area contributed by atoms with Gasteiger partial charge in [-0.05, 0) is 36.6 Å². The molecule has 0 aliphatic rings. The highest BCUT2D eigenvalue weighted by Crippen LogP contribution is 2.20. The highest BCUT2D eigenvalue weighted by Gasteiger charge is 1.96. The topological polar surface area (TPSA) is 0 Å². The molecule has 0 saturated heterocycles. The van der Waals surface area contributed by atoms with Gasteiger partial charge in [0.15, 0.2) is 0 Å². The lowest BCUT2D eigenvalue weighted by atomic mass is 10.0. The van der Waals surface area contributed by atoms with Crippen LogP contribution < -0.4 is 0 Å². The van der Waals surface area contributed by atoms with Crippen LogP contribution in [0.2, 0.25) is 0 Å². The van der Waals surface area contributed by atoms with Crippen molar-refractivity contribution in [3.05, 3.63) is 59.7 Å². The molecule has 0 aliphatic carbocycles. The van der Waals surface area contributed by atoms with E-state index in [4.69, 9.17) is 0 Å². The minimum absolute atomic E-state index is 1.18. The summed E-state index contributed by atoms with van der Waals surface area (Å²) < 4.78 is 0. The van der Waals surface area contributed by atoms with Gasteiger partial charge in [0.25, 0.3) is 0 Å². The van der Waals surface area contributed by atoms with Gasteiger partial charge >= 0.3 is 0 Å². The van der Waals surface area contributed by atoms with E-state index >= 15 is 0 Å². The molecule has 14 heavy (non-hydrogen) atoms. The van der Waals surface area contributed by atoms with Gasteiger partial charge in [0, 0.05) is 0 Å². The first-order chi connectivity index (χ1) is 6.75. The van der Waals surface area contributed by atoms with Gasteiger partial charge in [-0.1, -0.05) is 48.0 Å². The Kier molecular flexibility index (Phi) is 2.36. The van der Waals surface area contributed by atoms with E-state index in [1.54, 1.807) is 0 Å². The molecule has 69 valence electrons. The number of hydrogen-bond donors (Lipinski definition) is 0. The molecule has 1 radical (unpaired) electrons. The number of aryl methyl sites for hydroxylation is 2.